The van der Waals surface area contributed by atoms with Crippen LogP contribution in [-0.4, -0.2) is 50.3 Å². The zero-order chi connectivity index (χ0) is 15.2. The number of rotatable bonds is 5. The number of esters is 1. The summed E-state index contributed by atoms with van der Waals surface area (Å²) in [5.41, 5.74) is 1.09. The van der Waals surface area contributed by atoms with Crippen molar-refractivity contribution in [3.05, 3.63) is 29.8 Å². The maximum Gasteiger partial charge on any atom is 0.324 e. The Morgan fingerprint density at radius 3 is 2.95 bits per heavy atom. The lowest BCUT2D eigenvalue weighted by Gasteiger charge is -2.39. The molecule has 0 bridgehead atoms. The second-order valence-corrected chi connectivity index (χ2v) is 5.13. The van der Waals surface area contributed by atoms with Gasteiger partial charge in [0.15, 0.2) is 0 Å². The molecule has 21 heavy (non-hydrogen) atoms. The Hall–Kier alpha value is -1.59. The van der Waals surface area contributed by atoms with Crippen LogP contribution in [0.1, 0.15) is 25.5 Å². The van der Waals surface area contributed by atoms with Crippen LogP contribution in [0.2, 0.25) is 0 Å². The van der Waals surface area contributed by atoms with Gasteiger partial charge in [-0.3, -0.25) is 9.69 Å². The number of hydrogen-bond donors (Lipinski definition) is 1. The maximum atomic E-state index is 12.2. The maximum absolute atomic E-state index is 12.2. The van der Waals surface area contributed by atoms with Crippen LogP contribution in [0, 0.1) is 0 Å². The van der Waals surface area contributed by atoms with Gasteiger partial charge < -0.3 is 14.8 Å². The third kappa shape index (κ3) is 3.54. The minimum atomic E-state index is -0.251. The van der Waals surface area contributed by atoms with E-state index in [1.807, 2.05) is 31.2 Å². The number of carbonyl (C=O) groups is 1. The van der Waals surface area contributed by atoms with Gasteiger partial charge in [-0.1, -0.05) is 18.2 Å². The molecule has 1 aliphatic heterocycles. The summed E-state index contributed by atoms with van der Waals surface area (Å²) in [5.74, 6) is 0.692. The topological polar surface area (TPSA) is 50.8 Å². The molecule has 2 rings (SSSR count). The summed E-state index contributed by atoms with van der Waals surface area (Å²) >= 11 is 0. The van der Waals surface area contributed by atoms with Gasteiger partial charge >= 0.3 is 5.97 Å². The molecule has 5 nitrogen and oxygen atoms in total. The Morgan fingerprint density at radius 1 is 1.48 bits per heavy atom. The molecule has 1 aliphatic rings. The summed E-state index contributed by atoms with van der Waals surface area (Å²) in [6.07, 6.45) is 0. The summed E-state index contributed by atoms with van der Waals surface area (Å²) in [7, 11) is 1.67. The number of piperazine rings is 1. The van der Waals surface area contributed by atoms with Gasteiger partial charge in [-0.25, -0.2) is 0 Å². The summed E-state index contributed by atoms with van der Waals surface area (Å²) in [4.78, 5) is 14.4. The normalized spacial score (nSPS) is 20.8. The van der Waals surface area contributed by atoms with Crippen LogP contribution in [0.25, 0.3) is 0 Å². The predicted octanol–water partition coefficient (Wildman–Crippen LogP) is 1.59. The fraction of sp³-hybridized carbons (Fsp3) is 0.562. The van der Waals surface area contributed by atoms with Crippen LogP contribution in [0.3, 0.4) is 0 Å². The van der Waals surface area contributed by atoms with Gasteiger partial charge in [0.05, 0.1) is 13.7 Å². The lowest BCUT2D eigenvalue weighted by Crippen LogP contribution is -2.56. The molecule has 0 amide bonds. The molecule has 0 spiro atoms. The van der Waals surface area contributed by atoms with E-state index in [-0.39, 0.29) is 18.1 Å². The molecule has 0 aliphatic carbocycles. The molecular weight excluding hydrogens is 268 g/mol. The standard InChI is InChI=1S/C16H24N2O3/c1-4-21-16(19)14-11-17-9-10-18(14)12(2)13-7-5-6-8-15(13)20-3/h5-8,12,14,17H,4,9-11H2,1-3H3. The third-order valence-electron chi connectivity index (χ3n) is 3.93. The van der Waals surface area contributed by atoms with Crippen LogP contribution in [0.15, 0.2) is 24.3 Å². The lowest BCUT2D eigenvalue weighted by atomic mass is 10.0. The molecule has 1 aromatic rings. The highest BCUT2D eigenvalue weighted by Crippen LogP contribution is 2.30. The fourth-order valence-corrected chi connectivity index (χ4v) is 2.83. The van der Waals surface area contributed by atoms with Gasteiger partial charge in [0.25, 0.3) is 0 Å². The molecule has 5 heteroatoms. The number of methoxy groups -OCH3 is 1. The van der Waals surface area contributed by atoms with Crippen molar-refractivity contribution in [1.29, 1.82) is 0 Å². The van der Waals surface area contributed by atoms with E-state index >= 15 is 0 Å². The highest BCUT2D eigenvalue weighted by atomic mass is 16.5. The molecule has 0 aromatic heterocycles. The number of nitrogens with one attached hydrogen (secondary N) is 1. The van der Waals surface area contributed by atoms with Crippen molar-refractivity contribution < 1.29 is 14.3 Å². The van der Waals surface area contributed by atoms with Gasteiger partial charge in [-0.2, -0.15) is 0 Å². The van der Waals surface area contributed by atoms with Crippen molar-refractivity contribution >= 4 is 5.97 Å². The minimum absolute atomic E-state index is 0.0951. The zero-order valence-corrected chi connectivity index (χ0v) is 13.0. The average Bonchev–Trinajstić information content (AvgIpc) is 2.54. The first kappa shape index (κ1) is 15.8. The Balaban J connectivity index is 2.22. The molecule has 2 atom stereocenters. The van der Waals surface area contributed by atoms with Crippen molar-refractivity contribution in [3.8, 4) is 5.75 Å². The lowest BCUT2D eigenvalue weighted by molar-refractivity contribution is -0.151. The molecule has 1 N–H and O–H groups in total. The van der Waals surface area contributed by atoms with Crippen LogP contribution in [0.5, 0.6) is 5.75 Å². The van der Waals surface area contributed by atoms with Crippen LogP contribution in [-0.2, 0) is 9.53 Å². The number of benzene rings is 1. The first-order valence-corrected chi connectivity index (χ1v) is 7.45. The van der Waals surface area contributed by atoms with Crippen LogP contribution in [0.4, 0.5) is 0 Å². The third-order valence-corrected chi connectivity index (χ3v) is 3.93. The highest BCUT2D eigenvalue weighted by molar-refractivity contribution is 5.76. The summed E-state index contributed by atoms with van der Waals surface area (Å²) in [5, 5.41) is 3.27. The summed E-state index contributed by atoms with van der Waals surface area (Å²) < 4.78 is 10.6. The van der Waals surface area contributed by atoms with Crippen molar-refractivity contribution in [2.75, 3.05) is 33.4 Å². The summed E-state index contributed by atoms with van der Waals surface area (Å²) in [6.45, 7) is 6.65. The Labute approximate surface area is 126 Å². The molecule has 1 fully saturated rings. The molecular formula is C16H24N2O3. The van der Waals surface area contributed by atoms with Gasteiger partial charge in [-0.15, -0.1) is 0 Å². The quantitative estimate of drug-likeness (QED) is 0.835. The van der Waals surface area contributed by atoms with E-state index in [0.717, 1.165) is 24.4 Å². The predicted molar refractivity (Wildman–Crippen MR) is 81.4 cm³/mol. The first-order valence-electron chi connectivity index (χ1n) is 7.45. The molecule has 116 valence electrons. The molecule has 2 unspecified atom stereocenters. The second-order valence-electron chi connectivity index (χ2n) is 5.13. The largest absolute Gasteiger partial charge is 0.496 e. The number of nitrogens with zero attached hydrogens (tertiary/aromatic N) is 1. The minimum Gasteiger partial charge on any atom is -0.496 e. The van der Waals surface area contributed by atoms with E-state index in [9.17, 15) is 4.79 Å². The van der Waals surface area contributed by atoms with E-state index in [0.29, 0.717) is 13.2 Å². The van der Waals surface area contributed by atoms with Gasteiger partial charge in [0.1, 0.15) is 11.8 Å². The molecule has 0 radical (unpaired) electrons. The Morgan fingerprint density at radius 2 is 2.24 bits per heavy atom. The molecule has 0 saturated carbocycles. The Kier molecular flexibility index (Phi) is 5.59. The number of hydrogen-bond acceptors (Lipinski definition) is 5. The van der Waals surface area contributed by atoms with Crippen LogP contribution >= 0.6 is 0 Å². The van der Waals surface area contributed by atoms with E-state index in [2.05, 4.69) is 17.1 Å². The number of carbonyl (C=O) groups excluding carboxylic acids is 1. The van der Waals surface area contributed by atoms with E-state index < -0.39 is 0 Å². The van der Waals surface area contributed by atoms with E-state index in [4.69, 9.17) is 9.47 Å². The second kappa shape index (κ2) is 7.43. The van der Waals surface area contributed by atoms with Crippen molar-refractivity contribution in [1.82, 2.24) is 10.2 Å². The van der Waals surface area contributed by atoms with Gasteiger partial charge in [0.2, 0.25) is 0 Å². The van der Waals surface area contributed by atoms with Crippen molar-refractivity contribution in [3.63, 3.8) is 0 Å². The Bertz CT molecular complexity index is 478. The van der Waals surface area contributed by atoms with Gasteiger partial charge in [0, 0.05) is 31.2 Å². The van der Waals surface area contributed by atoms with Crippen LogP contribution < -0.4 is 10.1 Å². The first-order chi connectivity index (χ1) is 10.2. The molecule has 1 heterocycles. The number of ether oxygens (including phenoxy) is 2. The smallest absolute Gasteiger partial charge is 0.324 e. The zero-order valence-electron chi connectivity index (χ0n) is 13.0. The SMILES string of the molecule is CCOC(=O)C1CNCCN1C(C)c1ccccc1OC. The molecule has 1 aromatic carbocycles. The highest BCUT2D eigenvalue weighted by Gasteiger charge is 2.34. The number of para-hydroxylation sites is 1. The molecule has 1 saturated heterocycles. The van der Waals surface area contributed by atoms with Crippen molar-refractivity contribution in [2.24, 2.45) is 0 Å². The van der Waals surface area contributed by atoms with Gasteiger partial charge in [-0.05, 0) is 19.9 Å². The monoisotopic (exact) mass is 292 g/mol. The average molecular weight is 292 g/mol. The fourth-order valence-electron chi connectivity index (χ4n) is 2.83. The van der Waals surface area contributed by atoms with Crippen molar-refractivity contribution in [2.45, 2.75) is 25.9 Å². The van der Waals surface area contributed by atoms with E-state index in [1.54, 1.807) is 7.11 Å². The van der Waals surface area contributed by atoms with E-state index in [1.165, 1.54) is 0 Å². The summed E-state index contributed by atoms with van der Waals surface area (Å²) in [6, 6.07) is 7.79.